The molecule has 1 unspecified atom stereocenters. The van der Waals surface area contributed by atoms with Crippen LogP contribution in [0.25, 0.3) is 0 Å². The van der Waals surface area contributed by atoms with Crippen molar-refractivity contribution in [2.45, 2.75) is 26.1 Å². The first kappa shape index (κ1) is 13.8. The zero-order chi connectivity index (χ0) is 13.1. The molecule has 0 aliphatic rings. The van der Waals surface area contributed by atoms with Gasteiger partial charge in [-0.15, -0.1) is 5.10 Å². The Bertz CT molecular complexity index is 352. The zero-order valence-corrected chi connectivity index (χ0v) is 9.88. The summed E-state index contributed by atoms with van der Waals surface area (Å²) in [5, 5.41) is 10.2. The van der Waals surface area contributed by atoms with E-state index in [9.17, 15) is 13.2 Å². The molecule has 0 fully saturated rings. The highest BCUT2D eigenvalue weighted by Crippen LogP contribution is 2.22. The van der Waals surface area contributed by atoms with Crippen molar-refractivity contribution >= 4 is 6.01 Å². The smallest absolute Gasteiger partial charge is 0.406 e. The minimum absolute atomic E-state index is 0.109. The average molecular weight is 252 g/mol. The highest BCUT2D eigenvalue weighted by Gasteiger charge is 2.32. The van der Waals surface area contributed by atoms with Gasteiger partial charge in [0.2, 0.25) is 5.89 Å². The number of alkyl halides is 3. The van der Waals surface area contributed by atoms with E-state index in [0.29, 0.717) is 0 Å². The fraction of sp³-hybridized carbons (Fsp3) is 0.778. The maximum Gasteiger partial charge on any atom is 0.406 e. The van der Waals surface area contributed by atoms with Gasteiger partial charge in [0.25, 0.3) is 0 Å². The van der Waals surface area contributed by atoms with Crippen molar-refractivity contribution < 1.29 is 17.6 Å². The lowest BCUT2D eigenvalue weighted by atomic mass is 10.3. The molecule has 0 saturated heterocycles. The van der Waals surface area contributed by atoms with Crippen LogP contribution in [0.5, 0.6) is 0 Å². The summed E-state index contributed by atoms with van der Waals surface area (Å²) < 4.78 is 42.0. The number of aromatic nitrogens is 2. The van der Waals surface area contributed by atoms with Crippen molar-refractivity contribution in [2.24, 2.45) is 0 Å². The molecule has 98 valence electrons. The maximum absolute atomic E-state index is 12.3. The van der Waals surface area contributed by atoms with Crippen molar-refractivity contribution in [1.29, 1.82) is 0 Å². The van der Waals surface area contributed by atoms with Crippen LogP contribution in [0.1, 0.15) is 25.8 Å². The van der Waals surface area contributed by atoms with Gasteiger partial charge >= 0.3 is 12.2 Å². The second-order valence-electron chi connectivity index (χ2n) is 3.56. The summed E-state index contributed by atoms with van der Waals surface area (Å²) in [6.45, 7) is 2.42. The molecule has 0 radical (unpaired) electrons. The monoisotopic (exact) mass is 252 g/mol. The van der Waals surface area contributed by atoms with Gasteiger partial charge in [0.05, 0.1) is 6.04 Å². The van der Waals surface area contributed by atoms with E-state index >= 15 is 0 Å². The second kappa shape index (κ2) is 5.35. The predicted molar refractivity (Wildman–Crippen MR) is 55.7 cm³/mol. The first-order valence-electron chi connectivity index (χ1n) is 5.19. The standard InChI is InChI=1S/C9H15F3N4O/c1-4-16(5-9(10,11)12)8-15-14-7(17-8)6(2)13-3/h6,13H,4-5H2,1-3H3. The van der Waals surface area contributed by atoms with Crippen molar-refractivity contribution in [3.63, 3.8) is 0 Å². The van der Waals surface area contributed by atoms with E-state index in [1.54, 1.807) is 20.9 Å². The molecule has 0 saturated carbocycles. The summed E-state index contributed by atoms with van der Waals surface area (Å²) >= 11 is 0. The fourth-order valence-corrected chi connectivity index (χ4v) is 1.18. The molecule has 1 aromatic rings. The minimum Gasteiger partial charge on any atom is -0.406 e. The number of rotatable bonds is 5. The van der Waals surface area contributed by atoms with Gasteiger partial charge in [0, 0.05) is 6.54 Å². The Morgan fingerprint density at radius 3 is 2.53 bits per heavy atom. The number of anilines is 1. The van der Waals surface area contributed by atoms with Crippen LogP contribution in [-0.2, 0) is 0 Å². The number of hydrogen-bond donors (Lipinski definition) is 1. The molecule has 0 bridgehead atoms. The molecule has 17 heavy (non-hydrogen) atoms. The molecule has 5 nitrogen and oxygen atoms in total. The molecule has 0 aromatic carbocycles. The Morgan fingerprint density at radius 1 is 1.41 bits per heavy atom. The quantitative estimate of drug-likeness (QED) is 0.865. The second-order valence-corrected chi connectivity index (χ2v) is 3.56. The van der Waals surface area contributed by atoms with Gasteiger partial charge in [-0.05, 0) is 20.9 Å². The number of nitrogens with zero attached hydrogens (tertiary/aromatic N) is 3. The Morgan fingerprint density at radius 2 is 2.06 bits per heavy atom. The van der Waals surface area contributed by atoms with Crippen LogP contribution in [0.4, 0.5) is 19.2 Å². The van der Waals surface area contributed by atoms with Gasteiger partial charge in [-0.1, -0.05) is 5.10 Å². The summed E-state index contributed by atoms with van der Waals surface area (Å²) in [5.74, 6) is 0.267. The molecular formula is C9H15F3N4O. The topological polar surface area (TPSA) is 54.2 Å². The van der Waals surface area contributed by atoms with Crippen molar-refractivity contribution in [3.8, 4) is 0 Å². The third-order valence-corrected chi connectivity index (χ3v) is 2.26. The largest absolute Gasteiger partial charge is 0.406 e. The van der Waals surface area contributed by atoms with Crippen LogP contribution in [-0.4, -0.2) is 36.5 Å². The number of hydrogen-bond acceptors (Lipinski definition) is 5. The molecule has 1 aromatic heterocycles. The highest BCUT2D eigenvalue weighted by molar-refractivity contribution is 5.24. The van der Waals surface area contributed by atoms with E-state index in [1.807, 2.05) is 0 Å². The summed E-state index contributed by atoms with van der Waals surface area (Å²) in [6.07, 6.45) is -4.29. The molecule has 8 heteroatoms. The molecule has 1 N–H and O–H groups in total. The first-order valence-corrected chi connectivity index (χ1v) is 5.19. The summed E-state index contributed by atoms with van der Waals surface area (Å²) in [5.41, 5.74) is 0. The van der Waals surface area contributed by atoms with Crippen molar-refractivity contribution in [1.82, 2.24) is 15.5 Å². The third kappa shape index (κ3) is 3.88. The van der Waals surface area contributed by atoms with E-state index in [2.05, 4.69) is 15.5 Å². The molecule has 0 spiro atoms. The predicted octanol–water partition coefficient (Wildman–Crippen LogP) is 1.74. The summed E-state index contributed by atoms with van der Waals surface area (Å²) in [4.78, 5) is 0.985. The Labute approximate surface area is 97.0 Å². The van der Waals surface area contributed by atoms with E-state index < -0.39 is 12.7 Å². The normalized spacial score (nSPS) is 13.8. The summed E-state index contributed by atoms with van der Waals surface area (Å²) in [6, 6.07) is -0.303. The molecule has 0 amide bonds. The molecular weight excluding hydrogens is 237 g/mol. The van der Waals surface area contributed by atoms with Crippen LogP contribution in [0, 0.1) is 0 Å². The molecule has 1 rings (SSSR count). The lowest BCUT2D eigenvalue weighted by Crippen LogP contribution is -2.34. The van der Waals surface area contributed by atoms with E-state index in [0.717, 1.165) is 4.90 Å². The van der Waals surface area contributed by atoms with E-state index in [-0.39, 0.29) is 24.5 Å². The number of halogens is 3. The molecule has 0 aliphatic heterocycles. The van der Waals surface area contributed by atoms with Gasteiger partial charge in [-0.3, -0.25) is 0 Å². The van der Waals surface area contributed by atoms with Crippen LogP contribution < -0.4 is 10.2 Å². The van der Waals surface area contributed by atoms with Gasteiger partial charge in [0.15, 0.2) is 0 Å². The van der Waals surface area contributed by atoms with E-state index in [4.69, 9.17) is 4.42 Å². The fourth-order valence-electron chi connectivity index (χ4n) is 1.18. The van der Waals surface area contributed by atoms with Gasteiger partial charge < -0.3 is 14.6 Å². The summed E-state index contributed by atoms with van der Waals surface area (Å²) in [7, 11) is 1.70. The Balaban J connectivity index is 2.79. The molecule has 1 heterocycles. The zero-order valence-electron chi connectivity index (χ0n) is 9.88. The maximum atomic E-state index is 12.3. The lowest BCUT2D eigenvalue weighted by molar-refractivity contribution is -0.120. The van der Waals surface area contributed by atoms with E-state index in [1.165, 1.54) is 0 Å². The van der Waals surface area contributed by atoms with Crippen LogP contribution in [0.2, 0.25) is 0 Å². The number of nitrogens with one attached hydrogen (secondary N) is 1. The third-order valence-electron chi connectivity index (χ3n) is 2.26. The molecule has 0 aliphatic carbocycles. The van der Waals surface area contributed by atoms with Crippen molar-refractivity contribution in [3.05, 3.63) is 5.89 Å². The lowest BCUT2D eigenvalue weighted by Gasteiger charge is -2.19. The first-order chi connectivity index (χ1) is 7.87. The minimum atomic E-state index is -4.29. The van der Waals surface area contributed by atoms with Gasteiger partial charge in [0.1, 0.15) is 6.54 Å². The highest BCUT2D eigenvalue weighted by atomic mass is 19.4. The van der Waals surface area contributed by atoms with Gasteiger partial charge in [-0.2, -0.15) is 13.2 Å². The average Bonchev–Trinajstić information content (AvgIpc) is 2.72. The van der Waals surface area contributed by atoms with Crippen LogP contribution in [0.3, 0.4) is 0 Å². The van der Waals surface area contributed by atoms with Crippen molar-refractivity contribution in [2.75, 3.05) is 25.0 Å². The SMILES string of the molecule is CCN(CC(F)(F)F)c1nnc(C(C)NC)o1. The Hall–Kier alpha value is -1.31. The van der Waals surface area contributed by atoms with Gasteiger partial charge in [-0.25, -0.2) is 0 Å². The van der Waals surface area contributed by atoms with Crippen LogP contribution >= 0.6 is 0 Å². The molecule has 1 atom stereocenters. The van der Waals surface area contributed by atoms with Crippen LogP contribution in [0.15, 0.2) is 4.42 Å². The Kier molecular flexibility index (Phi) is 4.33.